The molecule has 0 fully saturated rings. The zero-order valence-corrected chi connectivity index (χ0v) is 7.42. The first-order valence-corrected chi connectivity index (χ1v) is 4.10. The van der Waals surface area contributed by atoms with Crippen LogP contribution in [-0.4, -0.2) is 10.2 Å². The zero-order valence-electron chi connectivity index (χ0n) is 7.42. The van der Waals surface area contributed by atoms with E-state index in [0.717, 1.165) is 6.07 Å². The van der Waals surface area contributed by atoms with Crippen LogP contribution in [0.5, 0.6) is 0 Å². The molecule has 0 spiro atoms. The number of rotatable bonds is 1. The first kappa shape index (κ1) is 9.64. The van der Waals surface area contributed by atoms with Gasteiger partial charge in [-0.3, -0.25) is 0 Å². The molecule has 0 saturated heterocycles. The highest BCUT2D eigenvalue weighted by Crippen LogP contribution is 2.24. The van der Waals surface area contributed by atoms with Gasteiger partial charge in [-0.05, 0) is 12.1 Å². The van der Waals surface area contributed by atoms with Crippen LogP contribution in [0.25, 0.3) is 11.1 Å². The van der Waals surface area contributed by atoms with Crippen LogP contribution >= 0.6 is 0 Å². The highest BCUT2D eigenvalue weighted by molar-refractivity contribution is 5.62. The topological polar surface area (TPSA) is 25.8 Å². The third kappa shape index (κ3) is 1.81. The summed E-state index contributed by atoms with van der Waals surface area (Å²) in [6.07, 6.45) is 2.55. The summed E-state index contributed by atoms with van der Waals surface area (Å²) in [6, 6.07) is 2.83. The van der Waals surface area contributed by atoms with Crippen LogP contribution in [0.2, 0.25) is 0 Å². The van der Waals surface area contributed by atoms with E-state index in [1.54, 1.807) is 0 Å². The molecule has 5 heteroatoms. The Morgan fingerprint density at radius 2 is 1.80 bits per heavy atom. The van der Waals surface area contributed by atoms with Crippen LogP contribution in [-0.2, 0) is 0 Å². The van der Waals surface area contributed by atoms with Crippen molar-refractivity contribution in [3.63, 3.8) is 0 Å². The Hall–Kier alpha value is -1.91. The van der Waals surface area contributed by atoms with Crippen molar-refractivity contribution in [3.05, 3.63) is 48.0 Å². The van der Waals surface area contributed by atoms with E-state index in [4.69, 9.17) is 0 Å². The minimum Gasteiger partial charge on any atom is -0.207 e. The molecule has 0 amide bonds. The van der Waals surface area contributed by atoms with Crippen molar-refractivity contribution >= 4 is 0 Å². The normalized spacial score (nSPS) is 10.3. The van der Waals surface area contributed by atoms with Crippen molar-refractivity contribution in [1.29, 1.82) is 0 Å². The Kier molecular flexibility index (Phi) is 2.37. The molecule has 0 aliphatic rings. The van der Waals surface area contributed by atoms with Gasteiger partial charge in [0, 0.05) is 17.2 Å². The largest absolute Gasteiger partial charge is 0.207 e. The Morgan fingerprint density at radius 1 is 1.00 bits per heavy atom. The van der Waals surface area contributed by atoms with E-state index >= 15 is 0 Å². The molecule has 1 aromatic heterocycles. The maximum Gasteiger partial charge on any atom is 0.166 e. The predicted octanol–water partition coefficient (Wildman–Crippen LogP) is 2.56. The first-order chi connectivity index (χ1) is 7.18. The average molecular weight is 210 g/mol. The molecular weight excluding hydrogens is 205 g/mol. The summed E-state index contributed by atoms with van der Waals surface area (Å²) in [7, 11) is 0. The quantitative estimate of drug-likeness (QED) is 0.676. The summed E-state index contributed by atoms with van der Waals surface area (Å²) in [5.41, 5.74) is 0.114. The molecule has 0 unspecified atom stereocenters. The van der Waals surface area contributed by atoms with Gasteiger partial charge in [-0.1, -0.05) is 0 Å². The molecule has 15 heavy (non-hydrogen) atoms. The summed E-state index contributed by atoms with van der Waals surface area (Å²) in [5, 5.41) is 6.99. The maximum absolute atomic E-state index is 13.3. The highest BCUT2D eigenvalue weighted by Gasteiger charge is 2.12. The van der Waals surface area contributed by atoms with Gasteiger partial charge in [0.1, 0.15) is 5.82 Å². The van der Waals surface area contributed by atoms with Crippen molar-refractivity contribution in [2.75, 3.05) is 0 Å². The average Bonchev–Trinajstić information content (AvgIpc) is 2.24. The summed E-state index contributed by atoms with van der Waals surface area (Å²) < 4.78 is 39.0. The van der Waals surface area contributed by atoms with Gasteiger partial charge in [-0.15, -0.1) is 0 Å². The number of hydrogen-bond donors (Lipinski definition) is 0. The molecule has 0 saturated carbocycles. The van der Waals surface area contributed by atoms with Gasteiger partial charge in [0.05, 0.1) is 12.4 Å². The Morgan fingerprint density at radius 3 is 2.47 bits per heavy atom. The van der Waals surface area contributed by atoms with Gasteiger partial charge >= 0.3 is 0 Å². The van der Waals surface area contributed by atoms with E-state index in [2.05, 4.69) is 10.2 Å². The third-order valence-electron chi connectivity index (χ3n) is 1.89. The third-order valence-corrected chi connectivity index (χ3v) is 1.89. The van der Waals surface area contributed by atoms with E-state index in [-0.39, 0.29) is 11.1 Å². The lowest BCUT2D eigenvalue weighted by Gasteiger charge is -2.03. The van der Waals surface area contributed by atoms with E-state index in [0.29, 0.717) is 6.07 Å². The van der Waals surface area contributed by atoms with Gasteiger partial charge in [-0.2, -0.15) is 10.2 Å². The lowest BCUT2D eigenvalue weighted by molar-refractivity contribution is 0.497. The molecule has 0 atom stereocenters. The number of nitrogens with zero attached hydrogens (tertiary/aromatic N) is 2. The fourth-order valence-electron chi connectivity index (χ4n) is 1.22. The standard InChI is InChI=1S/C10H5F3N2/c11-7-3-8(10(13)9(12)4-7)6-1-2-14-15-5-6/h1-5H. The summed E-state index contributed by atoms with van der Waals surface area (Å²) >= 11 is 0. The van der Waals surface area contributed by atoms with Crippen molar-refractivity contribution in [2.45, 2.75) is 0 Å². The van der Waals surface area contributed by atoms with E-state index in [1.165, 1.54) is 18.5 Å². The lowest BCUT2D eigenvalue weighted by atomic mass is 10.1. The second-order valence-electron chi connectivity index (χ2n) is 2.88. The zero-order chi connectivity index (χ0) is 10.8. The van der Waals surface area contributed by atoms with Crippen LogP contribution in [0, 0.1) is 17.5 Å². The Labute approximate surface area is 83.4 Å². The second kappa shape index (κ2) is 3.68. The molecule has 1 heterocycles. The molecule has 2 nitrogen and oxygen atoms in total. The lowest BCUT2D eigenvalue weighted by Crippen LogP contribution is -1.93. The van der Waals surface area contributed by atoms with E-state index in [1.807, 2.05) is 0 Å². The fourth-order valence-corrected chi connectivity index (χ4v) is 1.22. The highest BCUT2D eigenvalue weighted by atomic mass is 19.2. The summed E-state index contributed by atoms with van der Waals surface area (Å²) in [5.74, 6) is -3.15. The van der Waals surface area contributed by atoms with Crippen molar-refractivity contribution in [2.24, 2.45) is 0 Å². The van der Waals surface area contributed by atoms with Crippen molar-refractivity contribution < 1.29 is 13.2 Å². The predicted molar refractivity (Wildman–Crippen MR) is 47.3 cm³/mol. The molecule has 2 rings (SSSR count). The molecule has 0 aliphatic heterocycles. The van der Waals surface area contributed by atoms with Crippen molar-refractivity contribution in [3.8, 4) is 11.1 Å². The molecule has 0 radical (unpaired) electrons. The molecule has 0 N–H and O–H groups in total. The van der Waals surface area contributed by atoms with Gasteiger partial charge in [0.15, 0.2) is 11.6 Å². The van der Waals surface area contributed by atoms with Gasteiger partial charge in [-0.25, -0.2) is 13.2 Å². The minimum atomic E-state index is -1.22. The van der Waals surface area contributed by atoms with Gasteiger partial charge in [0.25, 0.3) is 0 Å². The Balaban J connectivity index is 2.63. The van der Waals surface area contributed by atoms with Crippen LogP contribution in [0.1, 0.15) is 0 Å². The molecule has 0 aliphatic carbocycles. The molecule has 1 aromatic carbocycles. The monoisotopic (exact) mass is 210 g/mol. The second-order valence-corrected chi connectivity index (χ2v) is 2.88. The van der Waals surface area contributed by atoms with Crippen molar-refractivity contribution in [1.82, 2.24) is 10.2 Å². The van der Waals surface area contributed by atoms with Crippen LogP contribution in [0.15, 0.2) is 30.6 Å². The molecule has 2 aromatic rings. The molecular formula is C10H5F3N2. The Bertz CT molecular complexity index is 486. The fraction of sp³-hybridized carbons (Fsp3) is 0. The van der Waals surface area contributed by atoms with Gasteiger partial charge < -0.3 is 0 Å². The maximum atomic E-state index is 13.3. The molecule has 76 valence electrons. The smallest absolute Gasteiger partial charge is 0.166 e. The molecule has 0 bridgehead atoms. The SMILES string of the molecule is Fc1cc(F)c(F)c(-c2ccnnc2)c1. The number of aromatic nitrogens is 2. The minimum absolute atomic E-state index is 0.164. The van der Waals surface area contributed by atoms with E-state index < -0.39 is 17.5 Å². The van der Waals surface area contributed by atoms with Gasteiger partial charge in [0.2, 0.25) is 0 Å². The number of halogens is 3. The van der Waals surface area contributed by atoms with Crippen LogP contribution in [0.3, 0.4) is 0 Å². The van der Waals surface area contributed by atoms with E-state index in [9.17, 15) is 13.2 Å². The van der Waals surface area contributed by atoms with Crippen LogP contribution in [0.4, 0.5) is 13.2 Å². The summed E-state index contributed by atoms with van der Waals surface area (Å²) in [6.45, 7) is 0. The number of hydrogen-bond acceptors (Lipinski definition) is 2. The van der Waals surface area contributed by atoms with Crippen LogP contribution < -0.4 is 0 Å². The summed E-state index contributed by atoms with van der Waals surface area (Å²) in [4.78, 5) is 0. The first-order valence-electron chi connectivity index (χ1n) is 4.10. The number of benzene rings is 1.